The van der Waals surface area contributed by atoms with Gasteiger partial charge >= 0.3 is 0 Å². The Morgan fingerprint density at radius 2 is 2.25 bits per heavy atom. The maximum atomic E-state index is 11.6. The average Bonchev–Trinajstić information content (AvgIpc) is 2.91. The van der Waals surface area contributed by atoms with Crippen molar-refractivity contribution in [2.24, 2.45) is 11.1 Å². The monoisotopic (exact) mass is 341 g/mol. The van der Waals surface area contributed by atoms with Crippen molar-refractivity contribution in [2.45, 2.75) is 37.6 Å². The van der Waals surface area contributed by atoms with Crippen molar-refractivity contribution in [1.29, 1.82) is 5.26 Å². The molecule has 2 N–H and O–H groups in total. The van der Waals surface area contributed by atoms with Crippen molar-refractivity contribution >= 4 is 17.7 Å². The lowest BCUT2D eigenvalue weighted by Gasteiger charge is -2.42. The van der Waals surface area contributed by atoms with Crippen molar-refractivity contribution in [3.05, 3.63) is 41.0 Å². The van der Waals surface area contributed by atoms with E-state index in [4.69, 9.17) is 5.73 Å². The van der Waals surface area contributed by atoms with Gasteiger partial charge in [0.05, 0.1) is 17.0 Å². The number of hydrogen-bond donors (Lipinski definition) is 1. The van der Waals surface area contributed by atoms with E-state index in [1.807, 2.05) is 36.0 Å². The van der Waals surface area contributed by atoms with Gasteiger partial charge in [-0.05, 0) is 37.4 Å². The molecule has 0 bridgehead atoms. The maximum Gasteiger partial charge on any atom is 0.125 e. The number of thioether (sulfide) groups is 1. The van der Waals surface area contributed by atoms with E-state index in [9.17, 15) is 10.1 Å². The molecule has 2 unspecified atom stereocenters. The third-order valence-corrected chi connectivity index (χ3v) is 6.85. The van der Waals surface area contributed by atoms with E-state index >= 15 is 0 Å². The molecule has 1 aromatic carbocycles. The lowest BCUT2D eigenvalue weighted by Crippen LogP contribution is -2.51. The molecule has 0 aliphatic carbocycles. The molecular formula is C19H23N3OS. The number of likely N-dealkylation sites (tertiary alicyclic amines) is 1. The minimum Gasteiger partial charge on any atom is -0.327 e. The van der Waals surface area contributed by atoms with Crippen LogP contribution < -0.4 is 5.73 Å². The van der Waals surface area contributed by atoms with Crippen molar-refractivity contribution in [3.63, 3.8) is 0 Å². The van der Waals surface area contributed by atoms with E-state index in [-0.39, 0.29) is 16.8 Å². The molecule has 0 saturated carbocycles. The summed E-state index contributed by atoms with van der Waals surface area (Å²) in [6.45, 7) is 4.04. The van der Waals surface area contributed by atoms with Gasteiger partial charge in [0.15, 0.2) is 0 Å². The Labute approximate surface area is 147 Å². The lowest BCUT2D eigenvalue weighted by molar-refractivity contribution is 0.134. The normalized spacial score (nSPS) is 30.8. The number of carbonyl (C=O) groups excluding carboxylic acids is 1. The highest BCUT2D eigenvalue weighted by molar-refractivity contribution is 8.00. The summed E-state index contributed by atoms with van der Waals surface area (Å²) in [5.74, 6) is 2.91. The summed E-state index contributed by atoms with van der Waals surface area (Å²) in [6.07, 6.45) is 2.85. The first kappa shape index (κ1) is 17.3. The largest absolute Gasteiger partial charge is 0.327 e. The molecule has 5 heteroatoms. The van der Waals surface area contributed by atoms with Crippen LogP contribution in [-0.4, -0.2) is 41.1 Å². The molecule has 2 aliphatic rings. The molecule has 2 saturated heterocycles. The average molecular weight is 341 g/mol. The predicted molar refractivity (Wildman–Crippen MR) is 97.2 cm³/mol. The van der Waals surface area contributed by atoms with E-state index in [1.54, 1.807) is 0 Å². The molecule has 2 heterocycles. The third-order valence-electron chi connectivity index (χ3n) is 5.26. The highest BCUT2D eigenvalue weighted by atomic mass is 32.2. The minimum atomic E-state index is -0.309. The quantitative estimate of drug-likeness (QED) is 0.855. The van der Waals surface area contributed by atoms with Crippen LogP contribution in [0.15, 0.2) is 29.8 Å². The fourth-order valence-corrected chi connectivity index (χ4v) is 5.65. The molecule has 1 aromatic rings. The first-order valence-corrected chi connectivity index (χ1v) is 9.47. The van der Waals surface area contributed by atoms with E-state index in [2.05, 4.69) is 23.8 Å². The zero-order chi connectivity index (χ0) is 17.2. The van der Waals surface area contributed by atoms with E-state index in [0.29, 0.717) is 17.7 Å². The fraction of sp³-hybridized carbons (Fsp3) is 0.526. The molecule has 4 nitrogen and oxygen atoms in total. The number of nitrogens with two attached hydrogens (primary N) is 1. The maximum absolute atomic E-state index is 11.6. The van der Waals surface area contributed by atoms with Crippen molar-refractivity contribution in [1.82, 2.24) is 4.90 Å². The van der Waals surface area contributed by atoms with Gasteiger partial charge in [-0.2, -0.15) is 5.26 Å². The van der Waals surface area contributed by atoms with E-state index in [1.165, 1.54) is 0 Å². The van der Waals surface area contributed by atoms with Crippen LogP contribution in [-0.2, 0) is 11.2 Å². The van der Waals surface area contributed by atoms with Crippen molar-refractivity contribution in [3.8, 4) is 6.07 Å². The predicted octanol–water partition coefficient (Wildman–Crippen LogP) is 2.36. The molecule has 3 rings (SSSR count). The summed E-state index contributed by atoms with van der Waals surface area (Å²) in [7, 11) is 0. The van der Waals surface area contributed by atoms with Gasteiger partial charge in [-0.3, -0.25) is 4.90 Å². The van der Waals surface area contributed by atoms with Crippen molar-refractivity contribution < 1.29 is 4.79 Å². The van der Waals surface area contributed by atoms with Gasteiger partial charge in [0, 0.05) is 29.3 Å². The molecule has 2 aliphatic heterocycles. The number of rotatable bonds is 3. The van der Waals surface area contributed by atoms with Crippen molar-refractivity contribution in [2.75, 3.05) is 18.8 Å². The summed E-state index contributed by atoms with van der Waals surface area (Å²) >= 11 is 1.81. The van der Waals surface area contributed by atoms with Gasteiger partial charge in [0.2, 0.25) is 0 Å². The molecule has 0 radical (unpaired) electrons. The van der Waals surface area contributed by atoms with Gasteiger partial charge in [0.25, 0.3) is 0 Å². The summed E-state index contributed by atoms with van der Waals surface area (Å²) in [5.41, 5.74) is 8.38. The van der Waals surface area contributed by atoms with Gasteiger partial charge in [-0.25, -0.2) is 4.79 Å². The Hall–Kier alpha value is -1.57. The summed E-state index contributed by atoms with van der Waals surface area (Å²) in [6, 6.07) is 10.2. The summed E-state index contributed by atoms with van der Waals surface area (Å²) in [5, 5.41) is 9.60. The van der Waals surface area contributed by atoms with E-state index < -0.39 is 0 Å². The zero-order valence-corrected chi connectivity index (χ0v) is 14.8. The van der Waals surface area contributed by atoms with Gasteiger partial charge in [0.1, 0.15) is 5.94 Å². The number of benzene rings is 1. The van der Waals surface area contributed by atoms with Crippen LogP contribution >= 0.6 is 11.8 Å². The highest BCUT2D eigenvalue weighted by Crippen LogP contribution is 2.50. The van der Waals surface area contributed by atoms with Crippen LogP contribution in [0.1, 0.15) is 30.9 Å². The second kappa shape index (κ2) is 7.13. The molecule has 0 spiro atoms. The SMILES string of the molecule is CC1(Cc2ccccc2C#N)C(=C=O)CS[C@H]1N1CCCC(N)C1. The van der Waals surface area contributed by atoms with Gasteiger partial charge in [-0.1, -0.05) is 25.1 Å². The Balaban J connectivity index is 1.93. The molecule has 0 amide bonds. The second-order valence-electron chi connectivity index (χ2n) is 7.00. The van der Waals surface area contributed by atoms with Crippen LogP contribution in [0.4, 0.5) is 0 Å². The van der Waals surface area contributed by atoms with Gasteiger partial charge < -0.3 is 5.73 Å². The Bertz CT molecular complexity index is 707. The highest BCUT2D eigenvalue weighted by Gasteiger charge is 2.48. The summed E-state index contributed by atoms with van der Waals surface area (Å²) < 4.78 is 0. The Kier molecular flexibility index (Phi) is 5.12. The fourth-order valence-electron chi connectivity index (χ4n) is 3.94. The van der Waals surface area contributed by atoms with Crippen LogP contribution in [0.5, 0.6) is 0 Å². The Morgan fingerprint density at radius 3 is 2.96 bits per heavy atom. The molecule has 0 aromatic heterocycles. The Morgan fingerprint density at radius 1 is 1.46 bits per heavy atom. The molecule has 126 valence electrons. The number of hydrogen-bond acceptors (Lipinski definition) is 5. The minimum absolute atomic E-state index is 0.208. The van der Waals surface area contributed by atoms with Gasteiger partial charge in [-0.15, -0.1) is 11.8 Å². The first-order valence-electron chi connectivity index (χ1n) is 8.42. The number of nitriles is 1. The van der Waals surface area contributed by atoms with Crippen LogP contribution in [0.25, 0.3) is 0 Å². The van der Waals surface area contributed by atoms with Crippen LogP contribution in [0.3, 0.4) is 0 Å². The number of nitrogens with zero attached hydrogens (tertiary/aromatic N) is 2. The second-order valence-corrected chi connectivity index (χ2v) is 8.07. The van der Waals surface area contributed by atoms with E-state index in [0.717, 1.165) is 37.1 Å². The number of piperidine rings is 1. The van der Waals surface area contributed by atoms with Crippen LogP contribution in [0, 0.1) is 16.7 Å². The topological polar surface area (TPSA) is 70.1 Å². The molecule has 2 fully saturated rings. The molecular weight excluding hydrogens is 318 g/mol. The summed E-state index contributed by atoms with van der Waals surface area (Å²) in [4.78, 5) is 14.0. The molecule has 3 atom stereocenters. The standard InChI is InChI=1S/C19H23N3OS/c1-19(9-14-5-2-3-6-15(14)10-20)16(12-23)13-24-18(19)22-8-4-7-17(21)11-22/h2-3,5-6,17-18H,4,7-9,11,13,21H2,1H3/t17?,18-,19?/m1/s1. The smallest absolute Gasteiger partial charge is 0.125 e. The first-order chi connectivity index (χ1) is 11.6. The zero-order valence-electron chi connectivity index (χ0n) is 14.0. The lowest BCUT2D eigenvalue weighted by atomic mass is 9.76. The van der Waals surface area contributed by atoms with Crippen LogP contribution in [0.2, 0.25) is 0 Å². The third kappa shape index (κ3) is 3.16. The molecule has 24 heavy (non-hydrogen) atoms.